The quantitative estimate of drug-likeness (QED) is 0.481. The van der Waals surface area contributed by atoms with E-state index >= 15 is 0 Å². The molecule has 0 bridgehead atoms. The molecule has 2 aliphatic heterocycles. The molecule has 0 atom stereocenters. The maximum Gasteiger partial charge on any atom is 0.265 e. The van der Waals surface area contributed by atoms with Crippen LogP contribution in [0.2, 0.25) is 5.02 Å². The van der Waals surface area contributed by atoms with Crippen molar-refractivity contribution in [2.24, 2.45) is 5.41 Å². The van der Waals surface area contributed by atoms with Gasteiger partial charge in [-0.25, -0.2) is 13.4 Å². The molecule has 2 saturated heterocycles. The van der Waals surface area contributed by atoms with Crippen LogP contribution in [-0.4, -0.2) is 72.4 Å². The molecular weight excluding hydrogens is 542 g/mol. The third kappa shape index (κ3) is 5.79. The van der Waals surface area contributed by atoms with Gasteiger partial charge in [0.15, 0.2) is 9.84 Å². The van der Waals surface area contributed by atoms with E-state index < -0.39 is 21.3 Å². The van der Waals surface area contributed by atoms with E-state index in [0.29, 0.717) is 29.2 Å². The van der Waals surface area contributed by atoms with Crippen molar-refractivity contribution >= 4 is 50.0 Å². The van der Waals surface area contributed by atoms with Crippen molar-refractivity contribution in [1.82, 2.24) is 19.8 Å². The Kier molecular flexibility index (Phi) is 7.15. The maximum atomic E-state index is 13.6. The number of hydrogen-bond donors (Lipinski definition) is 1. The molecule has 5 rings (SSSR count). The lowest BCUT2D eigenvalue weighted by Gasteiger charge is -2.45. The third-order valence-corrected chi connectivity index (χ3v) is 9.01. The van der Waals surface area contributed by atoms with Crippen LogP contribution >= 0.6 is 11.6 Å². The number of carbonyl (C=O) groups excluding carboxylic acids is 2. The van der Waals surface area contributed by atoms with E-state index in [1.807, 2.05) is 4.90 Å². The van der Waals surface area contributed by atoms with Crippen molar-refractivity contribution in [3.8, 4) is 0 Å². The van der Waals surface area contributed by atoms with Gasteiger partial charge in [-0.1, -0.05) is 37.6 Å². The minimum absolute atomic E-state index is 0.00806. The fourth-order valence-corrected chi connectivity index (χ4v) is 6.40. The van der Waals surface area contributed by atoms with Gasteiger partial charge >= 0.3 is 0 Å². The summed E-state index contributed by atoms with van der Waals surface area (Å²) in [6.07, 6.45) is 1.54. The van der Waals surface area contributed by atoms with Crippen molar-refractivity contribution in [1.29, 1.82) is 0 Å². The van der Waals surface area contributed by atoms with Crippen LogP contribution < -0.4 is 15.8 Å². The average Bonchev–Trinajstić information content (AvgIpc) is 2.88. The van der Waals surface area contributed by atoms with Gasteiger partial charge in [0.2, 0.25) is 5.91 Å². The molecular formula is C27H30ClN5O5S. The van der Waals surface area contributed by atoms with Gasteiger partial charge in [-0.2, -0.15) is 0 Å². The summed E-state index contributed by atoms with van der Waals surface area (Å²) in [6.45, 7) is 5.78. The number of hydrogen-bond acceptors (Lipinski definition) is 7. The van der Waals surface area contributed by atoms with Crippen LogP contribution in [0.1, 0.15) is 29.8 Å². The normalized spacial score (nSPS) is 18.0. The molecule has 206 valence electrons. The first-order chi connectivity index (χ1) is 18.4. The number of anilines is 1. The molecule has 0 radical (unpaired) electrons. The summed E-state index contributed by atoms with van der Waals surface area (Å²) < 4.78 is 25.3. The molecule has 1 N–H and O–H groups in total. The summed E-state index contributed by atoms with van der Waals surface area (Å²) >= 11 is 5.95. The molecule has 1 aromatic carbocycles. The molecule has 4 heterocycles. The Hall–Kier alpha value is -3.44. The number of nitrogens with zero attached hydrogens (tertiary/aromatic N) is 4. The van der Waals surface area contributed by atoms with Gasteiger partial charge in [-0.3, -0.25) is 19.0 Å². The van der Waals surface area contributed by atoms with Crippen LogP contribution in [0.15, 0.2) is 47.4 Å². The first-order valence-corrected chi connectivity index (χ1v) is 14.9. The first-order valence-electron chi connectivity index (χ1n) is 12.7. The molecule has 3 aromatic rings. The zero-order valence-electron chi connectivity index (χ0n) is 21.8. The van der Waals surface area contributed by atoms with E-state index in [1.54, 1.807) is 35.2 Å². The highest BCUT2D eigenvalue weighted by molar-refractivity contribution is 7.91. The zero-order chi connectivity index (χ0) is 27.9. The minimum atomic E-state index is -3.12. The van der Waals surface area contributed by atoms with Gasteiger partial charge in [-0.05, 0) is 35.2 Å². The fourth-order valence-electron chi connectivity index (χ4n) is 5.07. The van der Waals surface area contributed by atoms with Gasteiger partial charge in [0.1, 0.15) is 17.8 Å². The second-order valence-electron chi connectivity index (χ2n) is 10.9. The fraction of sp³-hybridized carbons (Fsp3) is 0.407. The Labute approximate surface area is 231 Å². The molecule has 0 saturated carbocycles. The second kappa shape index (κ2) is 10.3. The van der Waals surface area contributed by atoms with E-state index in [9.17, 15) is 22.8 Å². The van der Waals surface area contributed by atoms with Crippen LogP contribution in [0.5, 0.6) is 0 Å². The van der Waals surface area contributed by atoms with Crippen molar-refractivity contribution in [2.45, 2.75) is 26.9 Å². The summed E-state index contributed by atoms with van der Waals surface area (Å²) in [4.78, 5) is 48.0. The van der Waals surface area contributed by atoms with E-state index in [4.69, 9.17) is 11.6 Å². The number of rotatable bonds is 6. The van der Waals surface area contributed by atoms with E-state index in [-0.39, 0.29) is 60.2 Å². The topological polar surface area (TPSA) is 122 Å². The highest BCUT2D eigenvalue weighted by Gasteiger charge is 2.37. The molecule has 0 unspecified atom stereocenters. The van der Waals surface area contributed by atoms with Gasteiger partial charge in [0.05, 0.1) is 11.5 Å². The zero-order valence-corrected chi connectivity index (χ0v) is 23.4. The summed E-state index contributed by atoms with van der Waals surface area (Å²) in [5.41, 5.74) is 1.02. The lowest BCUT2D eigenvalue weighted by atomic mass is 9.84. The van der Waals surface area contributed by atoms with Crippen LogP contribution in [0.3, 0.4) is 0 Å². The van der Waals surface area contributed by atoms with Crippen molar-refractivity contribution in [3.05, 3.63) is 69.1 Å². The van der Waals surface area contributed by atoms with Crippen molar-refractivity contribution < 1.29 is 18.0 Å². The van der Waals surface area contributed by atoms with Crippen LogP contribution in [0.4, 0.5) is 5.69 Å². The Balaban J connectivity index is 1.53. The number of benzene rings is 1. The van der Waals surface area contributed by atoms with E-state index in [2.05, 4.69) is 24.1 Å². The van der Waals surface area contributed by atoms with E-state index in [0.717, 1.165) is 5.56 Å². The summed E-state index contributed by atoms with van der Waals surface area (Å²) in [5, 5.41) is 3.86. The number of sulfone groups is 1. The minimum Gasteiger partial charge on any atom is -0.369 e. The summed E-state index contributed by atoms with van der Waals surface area (Å²) in [7, 11) is -3.12. The molecule has 2 fully saturated rings. The van der Waals surface area contributed by atoms with Crippen molar-refractivity contribution in [3.63, 3.8) is 0 Å². The third-order valence-electron chi connectivity index (χ3n) is 7.15. The number of amides is 2. The van der Waals surface area contributed by atoms with Crippen LogP contribution in [0.25, 0.3) is 11.0 Å². The van der Waals surface area contributed by atoms with Gasteiger partial charge < -0.3 is 15.1 Å². The Morgan fingerprint density at radius 3 is 2.38 bits per heavy atom. The summed E-state index contributed by atoms with van der Waals surface area (Å²) in [5.74, 6) is -0.797. The highest BCUT2D eigenvalue weighted by atomic mass is 35.5. The molecule has 10 nitrogen and oxygen atoms in total. The molecule has 2 aliphatic rings. The molecule has 0 aliphatic carbocycles. The summed E-state index contributed by atoms with van der Waals surface area (Å²) in [6, 6.07) is 10.2. The molecule has 39 heavy (non-hydrogen) atoms. The number of pyridine rings is 2. The van der Waals surface area contributed by atoms with E-state index in [1.165, 1.54) is 16.8 Å². The number of aromatic nitrogens is 2. The van der Waals surface area contributed by atoms with Crippen LogP contribution in [-0.2, 0) is 27.7 Å². The lowest BCUT2D eigenvalue weighted by molar-refractivity contribution is -0.142. The number of likely N-dealkylation sites (tertiary alicyclic amines) is 1. The van der Waals surface area contributed by atoms with Gasteiger partial charge in [0, 0.05) is 55.0 Å². The largest absolute Gasteiger partial charge is 0.369 e. The van der Waals surface area contributed by atoms with Crippen LogP contribution in [0, 0.1) is 5.41 Å². The lowest BCUT2D eigenvalue weighted by Crippen LogP contribution is -2.56. The monoisotopic (exact) mass is 571 g/mol. The van der Waals surface area contributed by atoms with Crippen molar-refractivity contribution in [2.75, 3.05) is 42.6 Å². The number of halogens is 1. The molecule has 0 spiro atoms. The van der Waals surface area contributed by atoms with Gasteiger partial charge in [-0.15, -0.1) is 0 Å². The standard InChI is InChI=1S/C27H30ClN5O5S/c1-27(2)16-32(17-27)23(34)15-33-24-20(22(7-8-29-24)31-9-11-39(37,38)12-10-31)13-21(26(33)36)25(35)30-14-18-3-5-19(28)6-4-18/h3-8,13H,9-12,14-17H2,1-2H3,(H,30,35). The second-order valence-corrected chi connectivity index (χ2v) is 13.6. The maximum absolute atomic E-state index is 13.6. The predicted octanol–water partition coefficient (Wildman–Crippen LogP) is 2.08. The molecule has 2 aromatic heterocycles. The Bertz CT molecular complexity index is 1600. The predicted molar refractivity (Wildman–Crippen MR) is 150 cm³/mol. The highest BCUT2D eigenvalue weighted by Crippen LogP contribution is 2.30. The van der Waals surface area contributed by atoms with Gasteiger partial charge in [0.25, 0.3) is 11.5 Å². The Morgan fingerprint density at radius 2 is 1.74 bits per heavy atom. The smallest absolute Gasteiger partial charge is 0.265 e. The Morgan fingerprint density at radius 1 is 1.08 bits per heavy atom. The molecule has 12 heteroatoms. The molecule has 2 amide bonds. The number of fused-ring (bicyclic) bond motifs is 1. The number of nitrogens with one attached hydrogen (secondary N) is 1. The SMILES string of the molecule is CC1(C)CN(C(=O)Cn2c(=O)c(C(=O)NCc3ccc(Cl)cc3)cc3c(N4CCS(=O)(=O)CC4)ccnc32)C1. The number of carbonyl (C=O) groups is 2. The average molecular weight is 572 g/mol. The first kappa shape index (κ1) is 27.1.